The number of hydrogen-bond donors (Lipinski definition) is 1. The molecular weight excluding hydrogens is 314 g/mol. The highest BCUT2D eigenvalue weighted by Crippen LogP contribution is 2.31. The summed E-state index contributed by atoms with van der Waals surface area (Å²) in [5, 5.41) is 0. The number of hydrogen-bond acceptors (Lipinski definition) is 4. The van der Waals surface area contributed by atoms with Gasteiger partial charge in [-0.3, -0.25) is 0 Å². The molecule has 0 aliphatic rings. The Bertz CT molecular complexity index is 655. The van der Waals surface area contributed by atoms with Crippen LogP contribution in [0.15, 0.2) is 48.5 Å². The average molecular weight is 343 g/mol. The van der Waals surface area contributed by atoms with Gasteiger partial charge in [-0.1, -0.05) is 50.2 Å². The Hall–Kier alpha value is -2.04. The van der Waals surface area contributed by atoms with Gasteiger partial charge in [-0.25, -0.2) is 0 Å². The van der Waals surface area contributed by atoms with Gasteiger partial charge < -0.3 is 19.9 Å². The van der Waals surface area contributed by atoms with E-state index >= 15 is 0 Å². The lowest BCUT2D eigenvalue weighted by molar-refractivity contribution is 0.0854. The molecule has 0 heterocycles. The predicted octanol–water partition coefficient (Wildman–Crippen LogP) is 3.82. The Kier molecular flexibility index (Phi) is 6.85. The minimum Gasteiger partial charge on any atom is -0.493 e. The molecule has 0 spiro atoms. The Morgan fingerprint density at radius 1 is 0.960 bits per heavy atom. The van der Waals surface area contributed by atoms with Gasteiger partial charge in [0, 0.05) is 18.6 Å². The van der Waals surface area contributed by atoms with Crippen LogP contribution in [0.3, 0.4) is 0 Å². The van der Waals surface area contributed by atoms with Gasteiger partial charge >= 0.3 is 0 Å². The quantitative estimate of drug-likeness (QED) is 0.752. The van der Waals surface area contributed by atoms with Crippen LogP contribution in [0.5, 0.6) is 11.5 Å². The first kappa shape index (κ1) is 19.3. The predicted molar refractivity (Wildman–Crippen MR) is 101 cm³/mol. The normalized spacial score (nSPS) is 12.7. The third-order valence-corrected chi connectivity index (χ3v) is 4.44. The minimum absolute atomic E-state index is 0.0113. The van der Waals surface area contributed by atoms with Crippen LogP contribution < -0.4 is 15.2 Å². The van der Waals surface area contributed by atoms with Crippen molar-refractivity contribution in [3.8, 4) is 11.5 Å². The van der Waals surface area contributed by atoms with Crippen molar-refractivity contribution in [2.24, 2.45) is 11.1 Å². The lowest BCUT2D eigenvalue weighted by Crippen LogP contribution is -2.42. The highest BCUT2D eigenvalue weighted by Gasteiger charge is 2.26. The molecule has 0 unspecified atom stereocenters. The van der Waals surface area contributed by atoms with Crippen molar-refractivity contribution in [3.63, 3.8) is 0 Å². The van der Waals surface area contributed by atoms with Crippen LogP contribution in [-0.2, 0) is 17.8 Å². The van der Waals surface area contributed by atoms with E-state index in [2.05, 4.69) is 13.8 Å². The van der Waals surface area contributed by atoms with Crippen molar-refractivity contribution in [3.05, 3.63) is 59.7 Å². The van der Waals surface area contributed by atoms with Gasteiger partial charge in [-0.2, -0.15) is 0 Å². The molecule has 2 aromatic carbocycles. The molecule has 136 valence electrons. The lowest BCUT2D eigenvalue weighted by Gasteiger charge is -2.31. The monoisotopic (exact) mass is 343 g/mol. The van der Waals surface area contributed by atoms with Crippen LogP contribution in [0.4, 0.5) is 0 Å². The van der Waals surface area contributed by atoms with Gasteiger partial charge in [-0.05, 0) is 29.7 Å². The van der Waals surface area contributed by atoms with Gasteiger partial charge in [0.1, 0.15) is 6.61 Å². The maximum atomic E-state index is 6.40. The van der Waals surface area contributed by atoms with E-state index in [9.17, 15) is 0 Å². The smallest absolute Gasteiger partial charge is 0.161 e. The minimum atomic E-state index is -0.0975. The van der Waals surface area contributed by atoms with E-state index in [-0.39, 0.29) is 11.5 Å². The van der Waals surface area contributed by atoms with E-state index in [4.69, 9.17) is 19.9 Å². The van der Waals surface area contributed by atoms with E-state index < -0.39 is 0 Å². The number of nitrogens with two attached hydrogens (primary N) is 1. The maximum absolute atomic E-state index is 6.40. The Morgan fingerprint density at radius 2 is 1.68 bits per heavy atom. The standard InChI is InChI=1S/C21H29NO3/c1-21(2,15-23-3)20(22)13-17-10-11-18(24-4)19(12-17)25-14-16-8-6-5-7-9-16/h5-12,20H,13-15,22H2,1-4H3/t20-/m1/s1. The Labute approximate surface area is 150 Å². The van der Waals surface area contributed by atoms with Crippen molar-refractivity contribution in [2.45, 2.75) is 32.9 Å². The van der Waals surface area contributed by atoms with Crippen molar-refractivity contribution in [1.29, 1.82) is 0 Å². The third kappa shape index (κ3) is 5.48. The molecule has 25 heavy (non-hydrogen) atoms. The second kappa shape index (κ2) is 8.88. The molecule has 0 fully saturated rings. The Balaban J connectivity index is 2.10. The number of ether oxygens (including phenoxy) is 3. The third-order valence-electron chi connectivity index (χ3n) is 4.44. The van der Waals surface area contributed by atoms with Gasteiger partial charge in [0.05, 0.1) is 13.7 Å². The van der Waals surface area contributed by atoms with Gasteiger partial charge in [0.15, 0.2) is 11.5 Å². The molecule has 0 aromatic heterocycles. The summed E-state index contributed by atoms with van der Waals surface area (Å²) in [5.74, 6) is 1.46. The molecule has 1 atom stereocenters. The lowest BCUT2D eigenvalue weighted by atomic mass is 9.82. The SMILES string of the molecule is COCC(C)(C)[C@H](N)Cc1ccc(OC)c(OCc2ccccc2)c1. The van der Waals surface area contributed by atoms with Crippen LogP contribution in [-0.4, -0.2) is 26.9 Å². The largest absolute Gasteiger partial charge is 0.493 e. The van der Waals surface area contributed by atoms with Crippen LogP contribution >= 0.6 is 0 Å². The van der Waals surface area contributed by atoms with E-state index in [1.165, 1.54) is 0 Å². The van der Waals surface area contributed by atoms with Crippen LogP contribution in [0.1, 0.15) is 25.0 Å². The molecule has 0 radical (unpaired) electrons. The molecule has 4 nitrogen and oxygen atoms in total. The summed E-state index contributed by atoms with van der Waals surface area (Å²) in [6.07, 6.45) is 0.752. The number of rotatable bonds is 9. The molecule has 0 saturated carbocycles. The Morgan fingerprint density at radius 3 is 2.32 bits per heavy atom. The summed E-state index contributed by atoms with van der Waals surface area (Å²) in [7, 11) is 3.36. The van der Waals surface area contributed by atoms with E-state index in [1.54, 1.807) is 14.2 Å². The molecule has 0 aliphatic carbocycles. The highest BCUT2D eigenvalue weighted by molar-refractivity contribution is 5.43. The molecular formula is C21H29NO3. The van der Waals surface area contributed by atoms with Crippen molar-refractivity contribution >= 4 is 0 Å². The fraction of sp³-hybridized carbons (Fsp3) is 0.429. The van der Waals surface area contributed by atoms with Crippen molar-refractivity contribution in [1.82, 2.24) is 0 Å². The van der Waals surface area contributed by atoms with Gasteiger partial charge in [0.25, 0.3) is 0 Å². The molecule has 2 aromatic rings. The number of benzene rings is 2. The second-order valence-electron chi connectivity index (χ2n) is 6.99. The van der Waals surface area contributed by atoms with E-state index in [0.29, 0.717) is 13.2 Å². The van der Waals surface area contributed by atoms with Crippen molar-refractivity contribution in [2.75, 3.05) is 20.8 Å². The summed E-state index contributed by atoms with van der Waals surface area (Å²) in [4.78, 5) is 0. The molecule has 0 saturated heterocycles. The highest BCUT2D eigenvalue weighted by atomic mass is 16.5. The summed E-state index contributed by atoms with van der Waals surface area (Å²) >= 11 is 0. The van der Waals surface area contributed by atoms with E-state index in [1.807, 2.05) is 48.5 Å². The fourth-order valence-electron chi connectivity index (χ4n) is 2.71. The van der Waals surface area contributed by atoms with Crippen molar-refractivity contribution < 1.29 is 14.2 Å². The maximum Gasteiger partial charge on any atom is 0.161 e. The van der Waals surface area contributed by atoms with Crippen LogP contribution in [0, 0.1) is 5.41 Å². The first-order chi connectivity index (χ1) is 12.0. The average Bonchev–Trinajstić information content (AvgIpc) is 2.61. The zero-order valence-corrected chi connectivity index (χ0v) is 15.6. The van der Waals surface area contributed by atoms with Gasteiger partial charge in [-0.15, -0.1) is 0 Å². The first-order valence-corrected chi connectivity index (χ1v) is 8.54. The van der Waals surface area contributed by atoms with Crippen LogP contribution in [0.25, 0.3) is 0 Å². The molecule has 2 N–H and O–H groups in total. The summed E-state index contributed by atoms with van der Waals surface area (Å²) in [6.45, 7) is 5.37. The molecule has 0 aliphatic heterocycles. The molecule has 4 heteroatoms. The topological polar surface area (TPSA) is 53.7 Å². The van der Waals surface area contributed by atoms with E-state index in [0.717, 1.165) is 29.0 Å². The summed E-state index contributed by atoms with van der Waals surface area (Å²) < 4.78 is 16.7. The zero-order chi connectivity index (χ0) is 18.3. The van der Waals surface area contributed by atoms with Crippen LogP contribution in [0.2, 0.25) is 0 Å². The fourth-order valence-corrected chi connectivity index (χ4v) is 2.71. The molecule has 0 bridgehead atoms. The zero-order valence-electron chi connectivity index (χ0n) is 15.6. The summed E-state index contributed by atoms with van der Waals surface area (Å²) in [5.41, 5.74) is 8.55. The number of methoxy groups -OCH3 is 2. The molecule has 0 amide bonds. The molecule has 2 rings (SSSR count). The second-order valence-corrected chi connectivity index (χ2v) is 6.99. The summed E-state index contributed by atoms with van der Waals surface area (Å²) in [6, 6.07) is 16.1. The first-order valence-electron chi connectivity index (χ1n) is 8.54. The van der Waals surface area contributed by atoms with Gasteiger partial charge in [0.2, 0.25) is 0 Å².